The van der Waals surface area contributed by atoms with Gasteiger partial charge in [-0.25, -0.2) is 17.5 Å². The minimum Gasteiger partial charge on any atom is -0.313 e. The fourth-order valence-electron chi connectivity index (χ4n) is 1.84. The van der Waals surface area contributed by atoms with Gasteiger partial charge in [0.05, 0.1) is 4.90 Å². The van der Waals surface area contributed by atoms with E-state index in [4.69, 9.17) is 0 Å². The quantitative estimate of drug-likeness (QED) is 0.831. The molecule has 1 aliphatic rings. The van der Waals surface area contributed by atoms with Crippen molar-refractivity contribution in [3.05, 3.63) is 41.2 Å². The normalized spacial score (nSPS) is 15.4. The van der Waals surface area contributed by atoms with Gasteiger partial charge in [0.2, 0.25) is 10.0 Å². The largest absolute Gasteiger partial charge is 0.313 e. The van der Waals surface area contributed by atoms with E-state index in [1.54, 1.807) is 6.92 Å². The van der Waals surface area contributed by atoms with Crippen LogP contribution in [0.2, 0.25) is 0 Å². The summed E-state index contributed by atoms with van der Waals surface area (Å²) in [4.78, 5) is -0.0369. The monoisotopic (exact) mass is 320 g/mol. The predicted octanol–water partition coefficient (Wildman–Crippen LogP) is 1.75. The lowest BCUT2D eigenvalue weighted by molar-refractivity contribution is 0.577. The summed E-state index contributed by atoms with van der Waals surface area (Å²) in [7, 11) is -3.65. The van der Waals surface area contributed by atoms with E-state index >= 15 is 0 Å². The molecule has 0 aliphatic carbocycles. The molecule has 0 spiro atoms. The van der Waals surface area contributed by atoms with Crippen LogP contribution in [-0.2, 0) is 10.0 Å². The van der Waals surface area contributed by atoms with E-state index in [0.29, 0.717) is 5.56 Å². The Balaban J connectivity index is 0.00000200. The van der Waals surface area contributed by atoms with Crippen molar-refractivity contribution in [1.29, 1.82) is 0 Å². The van der Waals surface area contributed by atoms with E-state index in [0.717, 1.165) is 31.1 Å². The van der Waals surface area contributed by atoms with Crippen molar-refractivity contribution in [3.8, 4) is 0 Å². The van der Waals surface area contributed by atoms with E-state index in [2.05, 4.69) is 10.0 Å². The van der Waals surface area contributed by atoms with Crippen molar-refractivity contribution >= 4 is 22.4 Å². The second kappa shape index (κ2) is 7.17. The third-order valence-electron chi connectivity index (χ3n) is 3.10. The molecule has 0 amide bonds. The second-order valence-electron chi connectivity index (χ2n) is 4.55. The summed E-state index contributed by atoms with van der Waals surface area (Å²) in [5.41, 5.74) is 1.48. The summed E-state index contributed by atoms with van der Waals surface area (Å²) in [6, 6.07) is 3.93. The van der Waals surface area contributed by atoms with Gasteiger partial charge in [-0.1, -0.05) is 17.7 Å². The van der Waals surface area contributed by atoms with Crippen LogP contribution in [0.1, 0.15) is 12.0 Å². The molecule has 0 unspecified atom stereocenters. The molecule has 7 heteroatoms. The zero-order chi connectivity index (χ0) is 13.9. The first-order chi connectivity index (χ1) is 8.99. The Morgan fingerprint density at radius 1 is 1.40 bits per heavy atom. The van der Waals surface area contributed by atoms with Crippen molar-refractivity contribution in [2.24, 2.45) is 0 Å². The van der Waals surface area contributed by atoms with Crippen molar-refractivity contribution in [3.63, 3.8) is 0 Å². The zero-order valence-corrected chi connectivity index (χ0v) is 12.8. The van der Waals surface area contributed by atoms with Crippen LogP contribution >= 0.6 is 12.4 Å². The molecule has 0 saturated carbocycles. The van der Waals surface area contributed by atoms with Crippen LogP contribution in [0.5, 0.6) is 0 Å². The van der Waals surface area contributed by atoms with Crippen molar-refractivity contribution < 1.29 is 12.8 Å². The Kier molecular flexibility index (Phi) is 6.13. The lowest BCUT2D eigenvalue weighted by atomic mass is 10.1. The third kappa shape index (κ3) is 4.28. The molecule has 0 saturated heterocycles. The zero-order valence-electron chi connectivity index (χ0n) is 11.1. The van der Waals surface area contributed by atoms with Crippen LogP contribution in [0.25, 0.3) is 0 Å². The van der Waals surface area contributed by atoms with Crippen LogP contribution in [0.4, 0.5) is 4.39 Å². The lowest BCUT2D eigenvalue weighted by Crippen LogP contribution is -2.29. The average molecular weight is 321 g/mol. The van der Waals surface area contributed by atoms with E-state index < -0.39 is 15.8 Å². The molecule has 1 aromatic rings. The molecular weight excluding hydrogens is 303 g/mol. The van der Waals surface area contributed by atoms with Crippen molar-refractivity contribution in [2.45, 2.75) is 18.2 Å². The number of aryl methyl sites for hydroxylation is 1. The van der Waals surface area contributed by atoms with E-state index in [1.165, 1.54) is 12.1 Å². The topological polar surface area (TPSA) is 58.2 Å². The summed E-state index contributed by atoms with van der Waals surface area (Å²) in [5, 5.41) is 3.15. The van der Waals surface area contributed by atoms with Crippen molar-refractivity contribution in [2.75, 3.05) is 19.6 Å². The van der Waals surface area contributed by atoms with Gasteiger partial charge in [-0.3, -0.25) is 0 Å². The molecule has 112 valence electrons. The Bertz CT molecular complexity index is 602. The minimum atomic E-state index is -3.65. The number of sulfonamides is 1. The van der Waals surface area contributed by atoms with Gasteiger partial charge < -0.3 is 5.32 Å². The van der Waals surface area contributed by atoms with E-state index in [1.807, 2.05) is 6.08 Å². The fraction of sp³-hybridized carbons (Fsp3) is 0.385. The van der Waals surface area contributed by atoms with Crippen LogP contribution in [0.15, 0.2) is 34.7 Å². The highest BCUT2D eigenvalue weighted by Gasteiger charge is 2.16. The summed E-state index contributed by atoms with van der Waals surface area (Å²) < 4.78 is 39.9. The molecule has 1 heterocycles. The van der Waals surface area contributed by atoms with E-state index in [-0.39, 0.29) is 23.8 Å². The van der Waals surface area contributed by atoms with E-state index in [9.17, 15) is 12.8 Å². The third-order valence-corrected chi connectivity index (χ3v) is 4.50. The Morgan fingerprint density at radius 2 is 2.15 bits per heavy atom. The number of rotatable bonds is 4. The molecule has 1 aromatic carbocycles. The van der Waals surface area contributed by atoms with Gasteiger partial charge in [0.1, 0.15) is 5.82 Å². The molecule has 0 aromatic heterocycles. The summed E-state index contributed by atoms with van der Waals surface area (Å²) in [6.45, 7) is 3.49. The smallest absolute Gasteiger partial charge is 0.240 e. The first-order valence-electron chi connectivity index (χ1n) is 6.13. The fourth-order valence-corrected chi connectivity index (χ4v) is 2.89. The Morgan fingerprint density at radius 3 is 2.75 bits per heavy atom. The van der Waals surface area contributed by atoms with Crippen LogP contribution in [0.3, 0.4) is 0 Å². The van der Waals surface area contributed by atoms with Crippen LogP contribution < -0.4 is 10.0 Å². The van der Waals surface area contributed by atoms with Gasteiger partial charge >= 0.3 is 0 Å². The van der Waals surface area contributed by atoms with Crippen LogP contribution in [-0.4, -0.2) is 28.1 Å². The molecule has 2 rings (SSSR count). The molecule has 4 nitrogen and oxygen atoms in total. The number of nitrogens with one attached hydrogen (secondary N) is 2. The minimum absolute atomic E-state index is 0. The maximum Gasteiger partial charge on any atom is 0.240 e. The summed E-state index contributed by atoms with van der Waals surface area (Å²) in [5.74, 6) is -0.510. The number of benzene rings is 1. The molecule has 0 radical (unpaired) electrons. The Hall–Kier alpha value is -0.950. The van der Waals surface area contributed by atoms with Gasteiger partial charge in [0.25, 0.3) is 0 Å². The molecular formula is C13H18ClFN2O2S. The maximum atomic E-state index is 13.4. The second-order valence-corrected chi connectivity index (χ2v) is 6.32. The molecule has 1 aliphatic heterocycles. The maximum absolute atomic E-state index is 13.4. The lowest BCUT2D eigenvalue weighted by Gasteiger charge is -2.14. The number of hydrogen-bond donors (Lipinski definition) is 2. The Labute approximate surface area is 124 Å². The highest BCUT2D eigenvalue weighted by atomic mass is 35.5. The molecule has 0 bridgehead atoms. The van der Waals surface area contributed by atoms with Gasteiger partial charge in [-0.2, -0.15) is 0 Å². The van der Waals surface area contributed by atoms with Gasteiger partial charge in [-0.15, -0.1) is 12.4 Å². The standard InChI is InChI=1S/C13H17FN2O2S.ClH/c1-10-2-3-12(8-13(10)14)19(17,18)16-9-11-4-6-15-7-5-11;/h2-4,8,15-16H,5-7,9H2,1H3;1H. The predicted molar refractivity (Wildman–Crippen MR) is 79.1 cm³/mol. The molecule has 0 fully saturated rings. The van der Waals surface area contributed by atoms with Gasteiger partial charge in [0.15, 0.2) is 0 Å². The molecule has 20 heavy (non-hydrogen) atoms. The first-order valence-corrected chi connectivity index (χ1v) is 7.62. The highest BCUT2D eigenvalue weighted by Crippen LogP contribution is 2.14. The highest BCUT2D eigenvalue weighted by molar-refractivity contribution is 7.89. The molecule has 2 N–H and O–H groups in total. The number of halogens is 2. The summed E-state index contributed by atoms with van der Waals surface area (Å²) in [6.07, 6.45) is 2.80. The van der Waals surface area contributed by atoms with Gasteiger partial charge in [-0.05, 0) is 37.6 Å². The SMILES string of the molecule is Cc1ccc(S(=O)(=O)NCC2=CCNCC2)cc1F.Cl. The van der Waals surface area contributed by atoms with Gasteiger partial charge in [0, 0.05) is 13.1 Å². The molecule has 0 atom stereocenters. The van der Waals surface area contributed by atoms with Crippen molar-refractivity contribution in [1.82, 2.24) is 10.0 Å². The first kappa shape index (κ1) is 17.1. The summed E-state index contributed by atoms with van der Waals surface area (Å²) >= 11 is 0. The average Bonchev–Trinajstić information content (AvgIpc) is 2.41. The number of hydrogen-bond acceptors (Lipinski definition) is 3. The van der Waals surface area contributed by atoms with Crippen LogP contribution in [0, 0.1) is 12.7 Å².